The van der Waals surface area contributed by atoms with Crippen LogP contribution in [0, 0.1) is 0 Å². The maximum atomic E-state index is 12.5. The van der Waals surface area contributed by atoms with Crippen LogP contribution >= 0.6 is 0 Å². The van der Waals surface area contributed by atoms with Crippen LogP contribution in [-0.2, 0) is 0 Å². The third-order valence-electron chi connectivity index (χ3n) is 3.94. The lowest BCUT2D eigenvalue weighted by atomic mass is 9.95. The fourth-order valence-electron chi connectivity index (χ4n) is 2.66. The minimum atomic E-state index is -0.832. The summed E-state index contributed by atoms with van der Waals surface area (Å²) in [5, 5.41) is 13.8. The van der Waals surface area contributed by atoms with Crippen LogP contribution in [0.3, 0.4) is 0 Å². The largest absolute Gasteiger partial charge is 0.386 e. The van der Waals surface area contributed by atoms with E-state index in [1.165, 1.54) is 0 Å². The molecule has 0 saturated heterocycles. The van der Waals surface area contributed by atoms with Crippen molar-refractivity contribution in [3.8, 4) is 0 Å². The zero-order chi connectivity index (χ0) is 16.8. The predicted octanol–water partition coefficient (Wildman–Crippen LogP) is 3.89. The van der Waals surface area contributed by atoms with Gasteiger partial charge in [-0.25, -0.2) is 0 Å². The van der Waals surface area contributed by atoms with Crippen molar-refractivity contribution < 1.29 is 9.90 Å². The van der Waals surface area contributed by atoms with Gasteiger partial charge < -0.3 is 10.4 Å². The summed E-state index contributed by atoms with van der Waals surface area (Å²) in [5.74, 6) is -0.209. The Balaban J connectivity index is 1.90. The van der Waals surface area contributed by atoms with Gasteiger partial charge in [-0.05, 0) is 23.3 Å². The Hall–Kier alpha value is -2.91. The van der Waals surface area contributed by atoms with E-state index in [2.05, 4.69) is 5.32 Å². The monoisotopic (exact) mass is 317 g/mol. The van der Waals surface area contributed by atoms with E-state index in [1.807, 2.05) is 78.9 Å². The van der Waals surface area contributed by atoms with Crippen LogP contribution in [0.1, 0.15) is 33.6 Å². The first-order valence-corrected chi connectivity index (χ1v) is 7.89. The third-order valence-corrected chi connectivity index (χ3v) is 3.94. The smallest absolute Gasteiger partial charge is 0.251 e. The van der Waals surface area contributed by atoms with Crippen molar-refractivity contribution in [1.82, 2.24) is 5.32 Å². The average Bonchev–Trinajstić information content (AvgIpc) is 2.67. The first-order chi connectivity index (χ1) is 11.8. The van der Waals surface area contributed by atoms with Crippen LogP contribution in [0.15, 0.2) is 91.0 Å². The van der Waals surface area contributed by atoms with Gasteiger partial charge in [-0.1, -0.05) is 78.9 Å². The molecule has 0 spiro atoms. The maximum absolute atomic E-state index is 12.5. The molecule has 0 radical (unpaired) electrons. The quantitative estimate of drug-likeness (QED) is 0.750. The Morgan fingerprint density at radius 3 is 1.71 bits per heavy atom. The molecule has 2 atom stereocenters. The average molecular weight is 317 g/mol. The third kappa shape index (κ3) is 3.70. The van der Waals surface area contributed by atoms with Gasteiger partial charge in [0.05, 0.1) is 6.04 Å². The Labute approximate surface area is 141 Å². The van der Waals surface area contributed by atoms with E-state index in [0.29, 0.717) is 5.56 Å². The molecule has 3 heteroatoms. The Morgan fingerprint density at radius 1 is 0.708 bits per heavy atom. The molecule has 3 aromatic carbocycles. The molecule has 3 nitrogen and oxygen atoms in total. The number of benzene rings is 3. The van der Waals surface area contributed by atoms with E-state index in [9.17, 15) is 9.90 Å². The molecule has 0 aliphatic rings. The van der Waals surface area contributed by atoms with Crippen LogP contribution in [0.2, 0.25) is 0 Å². The molecular weight excluding hydrogens is 298 g/mol. The lowest BCUT2D eigenvalue weighted by Gasteiger charge is -2.25. The summed E-state index contributed by atoms with van der Waals surface area (Å²) in [4.78, 5) is 12.5. The standard InChI is InChI=1S/C21H19NO2/c23-20(17-12-6-2-7-13-17)19(16-10-4-1-5-11-16)22-21(24)18-14-8-3-9-15-18/h1-15,19-20,23H,(H,22,24)/t19-,20-/m0/s1. The van der Waals surface area contributed by atoms with Gasteiger partial charge in [0.25, 0.3) is 5.91 Å². The van der Waals surface area contributed by atoms with E-state index < -0.39 is 12.1 Å². The first-order valence-electron chi connectivity index (χ1n) is 7.89. The molecule has 0 saturated carbocycles. The van der Waals surface area contributed by atoms with Gasteiger partial charge in [0.1, 0.15) is 6.10 Å². The van der Waals surface area contributed by atoms with Gasteiger partial charge >= 0.3 is 0 Å². The van der Waals surface area contributed by atoms with Crippen LogP contribution in [0.4, 0.5) is 0 Å². The topological polar surface area (TPSA) is 49.3 Å². The van der Waals surface area contributed by atoms with Gasteiger partial charge in [-0.2, -0.15) is 0 Å². The van der Waals surface area contributed by atoms with Gasteiger partial charge in [-0.3, -0.25) is 4.79 Å². The molecule has 0 aliphatic heterocycles. The van der Waals surface area contributed by atoms with Gasteiger partial charge in [0, 0.05) is 5.56 Å². The van der Waals surface area contributed by atoms with Crippen molar-refractivity contribution in [2.24, 2.45) is 0 Å². The molecule has 0 aromatic heterocycles. The fraction of sp³-hybridized carbons (Fsp3) is 0.0952. The number of amides is 1. The Morgan fingerprint density at radius 2 is 1.17 bits per heavy atom. The van der Waals surface area contributed by atoms with E-state index in [4.69, 9.17) is 0 Å². The highest BCUT2D eigenvalue weighted by Crippen LogP contribution is 2.29. The van der Waals surface area contributed by atoms with Crippen molar-refractivity contribution in [3.63, 3.8) is 0 Å². The Bertz CT molecular complexity index is 773. The lowest BCUT2D eigenvalue weighted by molar-refractivity contribution is 0.0831. The van der Waals surface area contributed by atoms with Crippen LogP contribution in [-0.4, -0.2) is 11.0 Å². The second kappa shape index (κ2) is 7.57. The number of rotatable bonds is 5. The summed E-state index contributed by atoms with van der Waals surface area (Å²) in [6.07, 6.45) is -0.832. The van der Waals surface area contributed by atoms with E-state index in [-0.39, 0.29) is 5.91 Å². The molecule has 0 bridgehead atoms. The molecule has 120 valence electrons. The van der Waals surface area contributed by atoms with E-state index in [1.54, 1.807) is 12.1 Å². The number of aliphatic hydroxyl groups is 1. The second-order valence-electron chi connectivity index (χ2n) is 5.58. The number of hydrogen-bond acceptors (Lipinski definition) is 2. The SMILES string of the molecule is O=C(N[C@@H](c1ccccc1)[C@@H](O)c1ccccc1)c1ccccc1. The number of aliphatic hydroxyl groups excluding tert-OH is 1. The molecule has 3 aromatic rings. The van der Waals surface area contributed by atoms with Gasteiger partial charge in [0.2, 0.25) is 0 Å². The van der Waals surface area contributed by atoms with Crippen LogP contribution in [0.25, 0.3) is 0 Å². The summed E-state index contributed by atoms with van der Waals surface area (Å²) in [7, 11) is 0. The molecule has 24 heavy (non-hydrogen) atoms. The zero-order valence-electron chi connectivity index (χ0n) is 13.2. The molecule has 3 rings (SSSR count). The first kappa shape index (κ1) is 16.0. The summed E-state index contributed by atoms with van der Waals surface area (Å²) in [5.41, 5.74) is 2.19. The molecule has 0 fully saturated rings. The highest BCUT2D eigenvalue weighted by atomic mass is 16.3. The maximum Gasteiger partial charge on any atom is 0.251 e. The fourth-order valence-corrected chi connectivity index (χ4v) is 2.66. The molecule has 1 amide bonds. The molecular formula is C21H19NO2. The van der Waals surface area contributed by atoms with E-state index in [0.717, 1.165) is 11.1 Å². The molecule has 0 aliphatic carbocycles. The second-order valence-corrected chi connectivity index (χ2v) is 5.58. The summed E-state index contributed by atoms with van der Waals surface area (Å²) >= 11 is 0. The zero-order valence-corrected chi connectivity index (χ0v) is 13.2. The highest BCUT2D eigenvalue weighted by Gasteiger charge is 2.24. The minimum absolute atomic E-state index is 0.209. The summed E-state index contributed by atoms with van der Waals surface area (Å²) in [6.45, 7) is 0. The van der Waals surface area contributed by atoms with Crippen molar-refractivity contribution in [3.05, 3.63) is 108 Å². The Kier molecular flexibility index (Phi) is 5.04. The van der Waals surface area contributed by atoms with Crippen molar-refractivity contribution in [1.29, 1.82) is 0 Å². The van der Waals surface area contributed by atoms with Crippen LogP contribution < -0.4 is 5.32 Å². The number of nitrogens with one attached hydrogen (secondary N) is 1. The molecule has 2 N–H and O–H groups in total. The number of carbonyl (C=O) groups is 1. The number of carbonyl (C=O) groups excluding carboxylic acids is 1. The van der Waals surface area contributed by atoms with Crippen molar-refractivity contribution in [2.45, 2.75) is 12.1 Å². The van der Waals surface area contributed by atoms with Crippen molar-refractivity contribution in [2.75, 3.05) is 0 Å². The molecule has 0 unspecified atom stereocenters. The summed E-state index contributed by atoms with van der Waals surface area (Å²) < 4.78 is 0. The van der Waals surface area contributed by atoms with E-state index >= 15 is 0 Å². The van der Waals surface area contributed by atoms with Gasteiger partial charge in [0.15, 0.2) is 0 Å². The minimum Gasteiger partial charge on any atom is -0.386 e. The molecule has 0 heterocycles. The van der Waals surface area contributed by atoms with Crippen LogP contribution in [0.5, 0.6) is 0 Å². The summed E-state index contributed by atoms with van der Waals surface area (Å²) in [6, 6.07) is 27.4. The predicted molar refractivity (Wildman–Crippen MR) is 94.5 cm³/mol. The lowest BCUT2D eigenvalue weighted by Crippen LogP contribution is -2.32. The number of hydrogen-bond donors (Lipinski definition) is 2. The normalized spacial score (nSPS) is 13.0. The van der Waals surface area contributed by atoms with Crippen molar-refractivity contribution >= 4 is 5.91 Å². The highest BCUT2D eigenvalue weighted by molar-refractivity contribution is 5.94. The van der Waals surface area contributed by atoms with Gasteiger partial charge in [-0.15, -0.1) is 0 Å².